The molecule has 0 radical (unpaired) electrons. The monoisotopic (exact) mass is 331 g/mol. The number of rotatable bonds is 5. The summed E-state index contributed by atoms with van der Waals surface area (Å²) in [7, 11) is 1.94. The molecule has 23 heavy (non-hydrogen) atoms. The van der Waals surface area contributed by atoms with Gasteiger partial charge in [0.2, 0.25) is 0 Å². The molecule has 2 heterocycles. The average molecular weight is 331 g/mol. The van der Waals surface area contributed by atoms with Gasteiger partial charge in [-0.25, -0.2) is 9.97 Å². The number of hydrogen-bond acceptors (Lipinski definition) is 5. The van der Waals surface area contributed by atoms with Gasteiger partial charge in [0, 0.05) is 19.4 Å². The molecule has 7 heteroatoms. The van der Waals surface area contributed by atoms with E-state index >= 15 is 0 Å². The largest absolute Gasteiger partial charge is 0.345 e. The van der Waals surface area contributed by atoms with Crippen molar-refractivity contribution in [3.05, 3.63) is 35.0 Å². The van der Waals surface area contributed by atoms with E-state index in [1.165, 1.54) is 35.9 Å². The summed E-state index contributed by atoms with van der Waals surface area (Å²) in [6, 6.07) is 0. The summed E-state index contributed by atoms with van der Waals surface area (Å²) in [6.45, 7) is 2.51. The summed E-state index contributed by atoms with van der Waals surface area (Å²) in [6.07, 6.45) is 7.66. The average Bonchev–Trinajstić information content (AvgIpc) is 2.89. The fourth-order valence-electron chi connectivity index (χ4n) is 2.94. The molecule has 0 bridgehead atoms. The number of nitrogens with one attached hydrogen (secondary N) is 1. The van der Waals surface area contributed by atoms with Crippen LogP contribution in [0.3, 0.4) is 0 Å². The minimum atomic E-state index is -0.181. The van der Waals surface area contributed by atoms with Gasteiger partial charge in [0.25, 0.3) is 5.91 Å². The number of thioether (sulfide) groups is 1. The van der Waals surface area contributed by atoms with Crippen molar-refractivity contribution < 1.29 is 4.79 Å². The van der Waals surface area contributed by atoms with E-state index in [9.17, 15) is 4.79 Å². The maximum absolute atomic E-state index is 12.5. The zero-order valence-corrected chi connectivity index (χ0v) is 14.3. The fourth-order valence-corrected chi connectivity index (χ4v) is 3.63. The Morgan fingerprint density at radius 3 is 2.91 bits per heavy atom. The highest BCUT2D eigenvalue weighted by molar-refractivity contribution is 7.99. The van der Waals surface area contributed by atoms with Crippen molar-refractivity contribution >= 4 is 17.7 Å². The normalized spacial score (nSPS) is 13.7. The van der Waals surface area contributed by atoms with E-state index in [1.807, 2.05) is 18.7 Å². The summed E-state index contributed by atoms with van der Waals surface area (Å²) in [4.78, 5) is 20.9. The van der Waals surface area contributed by atoms with Crippen LogP contribution in [0.4, 0.5) is 0 Å². The van der Waals surface area contributed by atoms with Gasteiger partial charge in [-0.15, -0.1) is 11.8 Å². The number of carbonyl (C=O) groups excluding carboxylic acids is 1. The van der Waals surface area contributed by atoms with Crippen molar-refractivity contribution in [1.82, 2.24) is 25.1 Å². The number of carbonyl (C=O) groups is 1. The first-order chi connectivity index (χ1) is 11.2. The lowest BCUT2D eigenvalue weighted by molar-refractivity contribution is 0.0941. The number of fused-ring (bicyclic) bond motifs is 1. The lowest BCUT2D eigenvalue weighted by atomic mass is 9.96. The topological polar surface area (TPSA) is 72.7 Å². The zero-order chi connectivity index (χ0) is 16.2. The molecule has 0 saturated carbocycles. The first kappa shape index (κ1) is 16.0. The lowest BCUT2D eigenvalue weighted by Crippen LogP contribution is -2.26. The molecule has 0 spiro atoms. The van der Waals surface area contributed by atoms with E-state index in [2.05, 4.69) is 20.4 Å². The van der Waals surface area contributed by atoms with Crippen LogP contribution in [0.25, 0.3) is 0 Å². The Labute approximate surface area is 140 Å². The molecule has 0 aliphatic heterocycles. The molecule has 3 rings (SSSR count). The Morgan fingerprint density at radius 1 is 1.30 bits per heavy atom. The van der Waals surface area contributed by atoms with Crippen molar-refractivity contribution in [2.75, 3.05) is 5.75 Å². The molecule has 0 saturated heterocycles. The molecule has 1 N–H and O–H groups in total. The summed E-state index contributed by atoms with van der Waals surface area (Å²) in [5.41, 5.74) is 3.99. The quantitative estimate of drug-likeness (QED) is 0.850. The highest BCUT2D eigenvalue weighted by Crippen LogP contribution is 2.23. The minimum Gasteiger partial charge on any atom is -0.345 e. The van der Waals surface area contributed by atoms with Crippen LogP contribution in [0.2, 0.25) is 0 Å². The smallest absolute Gasteiger partial charge is 0.273 e. The second-order valence-corrected chi connectivity index (χ2v) is 6.78. The highest BCUT2D eigenvalue weighted by Gasteiger charge is 2.20. The predicted octanol–water partition coefficient (Wildman–Crippen LogP) is 2.13. The van der Waals surface area contributed by atoms with Gasteiger partial charge in [0.1, 0.15) is 5.03 Å². The minimum absolute atomic E-state index is 0.181. The van der Waals surface area contributed by atoms with Crippen molar-refractivity contribution in [2.45, 2.75) is 44.2 Å². The molecule has 1 aliphatic carbocycles. The Hall–Kier alpha value is -1.89. The van der Waals surface area contributed by atoms with E-state index in [0.29, 0.717) is 17.3 Å². The SMILES string of the molecule is CCSc1nccnc1C(=O)NCc1c2c(nn1C)CCCC2. The molecule has 0 fully saturated rings. The summed E-state index contributed by atoms with van der Waals surface area (Å²) >= 11 is 1.53. The first-order valence-corrected chi connectivity index (χ1v) is 8.95. The summed E-state index contributed by atoms with van der Waals surface area (Å²) < 4.78 is 1.90. The fraction of sp³-hybridized carbons (Fsp3) is 0.500. The van der Waals surface area contributed by atoms with Gasteiger partial charge in [-0.3, -0.25) is 9.48 Å². The van der Waals surface area contributed by atoms with Crippen molar-refractivity contribution in [3.63, 3.8) is 0 Å². The summed E-state index contributed by atoms with van der Waals surface area (Å²) in [5, 5.41) is 8.24. The van der Waals surface area contributed by atoms with E-state index < -0.39 is 0 Å². The van der Waals surface area contributed by atoms with E-state index in [-0.39, 0.29) is 5.91 Å². The van der Waals surface area contributed by atoms with Crippen molar-refractivity contribution in [1.29, 1.82) is 0 Å². The Balaban J connectivity index is 1.74. The van der Waals surface area contributed by atoms with Crippen LogP contribution in [-0.2, 0) is 26.4 Å². The van der Waals surface area contributed by atoms with Crippen molar-refractivity contribution in [2.24, 2.45) is 7.05 Å². The van der Waals surface area contributed by atoms with E-state index in [0.717, 1.165) is 24.3 Å². The second-order valence-electron chi connectivity index (χ2n) is 5.53. The highest BCUT2D eigenvalue weighted by atomic mass is 32.2. The van der Waals surface area contributed by atoms with Gasteiger partial charge in [-0.1, -0.05) is 6.92 Å². The molecule has 122 valence electrons. The van der Waals surface area contributed by atoms with Crippen LogP contribution in [0, 0.1) is 0 Å². The maximum atomic E-state index is 12.5. The zero-order valence-electron chi connectivity index (χ0n) is 13.5. The molecule has 2 aromatic rings. The number of nitrogens with zero attached hydrogens (tertiary/aromatic N) is 4. The Bertz CT molecular complexity index is 712. The maximum Gasteiger partial charge on any atom is 0.273 e. The van der Waals surface area contributed by atoms with Crippen LogP contribution in [0.1, 0.15) is 47.2 Å². The van der Waals surface area contributed by atoms with Gasteiger partial charge in [0.15, 0.2) is 5.69 Å². The molecule has 6 nitrogen and oxygen atoms in total. The number of hydrogen-bond donors (Lipinski definition) is 1. The molecular formula is C16H21N5OS. The van der Waals surface area contributed by atoms with Gasteiger partial charge < -0.3 is 5.32 Å². The number of amides is 1. The second kappa shape index (κ2) is 7.12. The molecule has 0 atom stereocenters. The lowest BCUT2D eigenvalue weighted by Gasteiger charge is -2.12. The third-order valence-electron chi connectivity index (χ3n) is 4.03. The molecule has 0 unspecified atom stereocenters. The molecular weight excluding hydrogens is 310 g/mol. The predicted molar refractivity (Wildman–Crippen MR) is 89.5 cm³/mol. The Kier molecular flexibility index (Phi) is 4.95. The van der Waals surface area contributed by atoms with E-state index in [4.69, 9.17) is 0 Å². The molecule has 1 aliphatic rings. The number of aryl methyl sites for hydroxylation is 2. The first-order valence-electron chi connectivity index (χ1n) is 7.96. The van der Waals surface area contributed by atoms with Gasteiger partial charge in [-0.05, 0) is 37.0 Å². The number of aromatic nitrogens is 4. The van der Waals surface area contributed by atoms with Gasteiger partial charge in [0.05, 0.1) is 17.9 Å². The van der Waals surface area contributed by atoms with Crippen molar-refractivity contribution in [3.8, 4) is 0 Å². The molecule has 1 amide bonds. The van der Waals surface area contributed by atoms with Gasteiger partial charge >= 0.3 is 0 Å². The summed E-state index contributed by atoms with van der Waals surface area (Å²) in [5.74, 6) is 0.675. The molecule has 0 aromatic carbocycles. The third kappa shape index (κ3) is 3.39. The molecule has 2 aromatic heterocycles. The van der Waals surface area contributed by atoms with Crippen LogP contribution in [0.15, 0.2) is 17.4 Å². The van der Waals surface area contributed by atoms with Crippen LogP contribution < -0.4 is 5.32 Å². The van der Waals surface area contributed by atoms with Crippen LogP contribution >= 0.6 is 11.8 Å². The third-order valence-corrected chi connectivity index (χ3v) is 4.89. The Morgan fingerprint density at radius 2 is 2.09 bits per heavy atom. The van der Waals surface area contributed by atoms with E-state index in [1.54, 1.807) is 12.4 Å². The van der Waals surface area contributed by atoms with Crippen LogP contribution in [0.5, 0.6) is 0 Å². The van der Waals surface area contributed by atoms with Crippen LogP contribution in [-0.4, -0.2) is 31.4 Å². The standard InChI is InChI=1S/C16H21N5OS/c1-3-23-16-14(17-8-9-18-16)15(22)19-10-13-11-6-4-5-7-12(11)20-21(13)2/h8-9H,3-7,10H2,1-2H3,(H,19,22). The van der Waals surface area contributed by atoms with Gasteiger partial charge in [-0.2, -0.15) is 5.10 Å².